The summed E-state index contributed by atoms with van der Waals surface area (Å²) < 4.78 is 16.7. The van der Waals surface area contributed by atoms with Crippen LogP contribution in [0.5, 0.6) is 0 Å². The van der Waals surface area contributed by atoms with Gasteiger partial charge in [-0.3, -0.25) is 14.4 Å². The number of carbonyl (C=O) groups is 3. The Morgan fingerprint density at radius 3 is 0.984 bits per heavy atom. The van der Waals surface area contributed by atoms with Gasteiger partial charge in [-0.05, 0) is 57.8 Å². The Kier molecular flexibility index (Phi) is 47.4. The summed E-state index contributed by atoms with van der Waals surface area (Å²) in [5, 5.41) is 0. The van der Waals surface area contributed by atoms with Gasteiger partial charge in [-0.15, -0.1) is 0 Å². The van der Waals surface area contributed by atoms with Crippen LogP contribution in [0.1, 0.15) is 252 Å². The maximum absolute atomic E-state index is 12.8. The number of allylic oxidation sites excluding steroid dienone is 10. The number of rotatable bonds is 46. The van der Waals surface area contributed by atoms with E-state index in [-0.39, 0.29) is 37.5 Å². The molecule has 0 rings (SSSR count). The minimum atomic E-state index is -0.799. The molecule has 0 saturated carbocycles. The van der Waals surface area contributed by atoms with Crippen molar-refractivity contribution in [2.24, 2.45) is 0 Å². The Bertz CT molecular complexity index is 1070. The van der Waals surface area contributed by atoms with E-state index in [1.807, 2.05) is 0 Å². The highest BCUT2D eigenvalue weighted by Gasteiger charge is 2.19. The average molecular weight is 853 g/mol. The van der Waals surface area contributed by atoms with E-state index >= 15 is 0 Å². The lowest BCUT2D eigenvalue weighted by molar-refractivity contribution is -0.167. The van der Waals surface area contributed by atoms with E-state index in [9.17, 15) is 14.4 Å². The molecule has 0 aliphatic heterocycles. The second-order valence-electron chi connectivity index (χ2n) is 17.1. The van der Waals surface area contributed by atoms with Gasteiger partial charge in [0.25, 0.3) is 0 Å². The van der Waals surface area contributed by atoms with Crippen LogP contribution in [-0.4, -0.2) is 37.2 Å². The second kappa shape index (κ2) is 49.8. The van der Waals surface area contributed by atoms with Gasteiger partial charge in [-0.25, -0.2) is 0 Å². The Labute approximate surface area is 377 Å². The number of esters is 3. The number of hydrogen-bond acceptors (Lipinski definition) is 6. The predicted octanol–water partition coefficient (Wildman–Crippen LogP) is 16.9. The maximum Gasteiger partial charge on any atom is 0.306 e. The van der Waals surface area contributed by atoms with Gasteiger partial charge in [0.05, 0.1) is 0 Å². The van der Waals surface area contributed by atoms with E-state index in [2.05, 4.69) is 81.5 Å². The third-order valence-corrected chi connectivity index (χ3v) is 11.0. The summed E-state index contributed by atoms with van der Waals surface area (Å²) in [4.78, 5) is 37.9. The molecule has 0 radical (unpaired) electrons. The number of hydrogen-bond donors (Lipinski definition) is 0. The average Bonchev–Trinajstić information content (AvgIpc) is 3.26. The Morgan fingerprint density at radius 2 is 0.639 bits per heavy atom. The van der Waals surface area contributed by atoms with Crippen molar-refractivity contribution < 1.29 is 28.6 Å². The summed E-state index contributed by atoms with van der Waals surface area (Å²) in [7, 11) is 0. The summed E-state index contributed by atoms with van der Waals surface area (Å²) in [6, 6.07) is 0. The van der Waals surface area contributed by atoms with Gasteiger partial charge in [0.15, 0.2) is 6.10 Å². The molecule has 0 amide bonds. The highest BCUT2D eigenvalue weighted by atomic mass is 16.6. The Hall–Kier alpha value is -2.89. The minimum Gasteiger partial charge on any atom is -0.462 e. The first-order valence-electron chi connectivity index (χ1n) is 25.8. The van der Waals surface area contributed by atoms with Crippen LogP contribution in [0.3, 0.4) is 0 Å². The fraction of sp³-hybridized carbons (Fsp3) is 0.764. The minimum absolute atomic E-state index is 0.0934. The molecule has 0 spiro atoms. The second-order valence-corrected chi connectivity index (χ2v) is 17.1. The molecule has 6 nitrogen and oxygen atoms in total. The summed E-state index contributed by atoms with van der Waals surface area (Å²) >= 11 is 0. The zero-order valence-electron chi connectivity index (χ0n) is 40.2. The molecular weight excluding hydrogens is 757 g/mol. The molecule has 0 atom stereocenters. The van der Waals surface area contributed by atoms with Crippen molar-refractivity contribution in [3.8, 4) is 0 Å². The first kappa shape index (κ1) is 58.1. The van der Waals surface area contributed by atoms with E-state index in [0.29, 0.717) is 19.3 Å². The summed E-state index contributed by atoms with van der Waals surface area (Å²) in [5.74, 6) is -0.945. The van der Waals surface area contributed by atoms with E-state index in [0.717, 1.165) is 77.0 Å². The molecule has 0 aromatic carbocycles. The van der Waals surface area contributed by atoms with Gasteiger partial charge in [-0.2, -0.15) is 0 Å². The van der Waals surface area contributed by atoms with Crippen molar-refractivity contribution >= 4 is 17.9 Å². The molecule has 6 heteroatoms. The van der Waals surface area contributed by atoms with Crippen molar-refractivity contribution in [3.05, 3.63) is 60.8 Å². The van der Waals surface area contributed by atoms with Crippen LogP contribution in [0.15, 0.2) is 60.8 Å². The molecule has 61 heavy (non-hydrogen) atoms. The van der Waals surface area contributed by atoms with Crippen LogP contribution in [0, 0.1) is 0 Å². The van der Waals surface area contributed by atoms with Gasteiger partial charge < -0.3 is 14.2 Å². The lowest BCUT2D eigenvalue weighted by Crippen LogP contribution is -2.30. The predicted molar refractivity (Wildman–Crippen MR) is 261 cm³/mol. The van der Waals surface area contributed by atoms with Crippen LogP contribution < -0.4 is 0 Å². The van der Waals surface area contributed by atoms with Crippen LogP contribution in [0.25, 0.3) is 0 Å². The van der Waals surface area contributed by atoms with Crippen molar-refractivity contribution in [2.45, 2.75) is 258 Å². The van der Waals surface area contributed by atoms with Gasteiger partial charge in [-0.1, -0.05) is 236 Å². The fourth-order valence-electron chi connectivity index (χ4n) is 7.18. The van der Waals surface area contributed by atoms with Crippen LogP contribution in [0.2, 0.25) is 0 Å². The monoisotopic (exact) mass is 853 g/mol. The van der Waals surface area contributed by atoms with Crippen molar-refractivity contribution in [3.63, 3.8) is 0 Å². The zero-order chi connectivity index (χ0) is 44.4. The highest BCUT2D eigenvalue weighted by molar-refractivity contribution is 5.71. The molecule has 0 saturated heterocycles. The molecule has 0 fully saturated rings. The first-order valence-corrected chi connectivity index (χ1v) is 25.8. The summed E-state index contributed by atoms with van der Waals surface area (Å²) in [5.41, 5.74) is 0. The maximum atomic E-state index is 12.8. The first-order chi connectivity index (χ1) is 30.0. The van der Waals surface area contributed by atoms with Gasteiger partial charge in [0, 0.05) is 19.3 Å². The smallest absolute Gasteiger partial charge is 0.306 e. The standard InChI is InChI=1S/C55H96O6/c1-4-7-10-13-16-19-22-25-26-27-28-31-34-37-40-43-46-49-55(58)61-52(50-59-53(56)47-44-41-38-35-32-29-23-20-17-14-11-8-5-2)51-60-54(57)48-45-42-39-36-33-30-24-21-18-15-12-9-6-3/h7,10,16,19,25-26,28,31,37,40,52H,4-6,8-9,11-15,17-18,20-24,27,29-30,32-36,38-39,41-51H2,1-3H3/b10-7-,19-16-,26-25-,31-28-,40-37-. The van der Waals surface area contributed by atoms with E-state index in [1.165, 1.54) is 128 Å². The molecule has 0 heterocycles. The molecular formula is C55H96O6. The number of ether oxygens (including phenoxy) is 3. The van der Waals surface area contributed by atoms with Crippen LogP contribution >= 0.6 is 0 Å². The quantitative estimate of drug-likeness (QED) is 0.0263. The SMILES string of the molecule is CC/C=C\C/C=C\C/C=C\C/C=C\C/C=C\CCCC(=O)OC(COC(=O)CCCCCCCCCCCCCCC)COC(=O)CCCCCCCCCCCCCCC. The topological polar surface area (TPSA) is 78.9 Å². The molecule has 0 aromatic rings. The largest absolute Gasteiger partial charge is 0.462 e. The van der Waals surface area contributed by atoms with Gasteiger partial charge >= 0.3 is 17.9 Å². The van der Waals surface area contributed by atoms with Crippen molar-refractivity contribution in [2.75, 3.05) is 13.2 Å². The van der Waals surface area contributed by atoms with Crippen molar-refractivity contribution in [1.82, 2.24) is 0 Å². The highest BCUT2D eigenvalue weighted by Crippen LogP contribution is 2.15. The van der Waals surface area contributed by atoms with Gasteiger partial charge in [0.1, 0.15) is 13.2 Å². The molecule has 0 N–H and O–H groups in total. The molecule has 0 aliphatic carbocycles. The van der Waals surface area contributed by atoms with E-state index < -0.39 is 6.10 Å². The normalized spacial score (nSPS) is 12.1. The summed E-state index contributed by atoms with van der Waals surface area (Å²) in [6.07, 6.45) is 60.6. The molecule has 0 aliphatic rings. The van der Waals surface area contributed by atoms with Gasteiger partial charge in [0.2, 0.25) is 0 Å². The lowest BCUT2D eigenvalue weighted by atomic mass is 10.0. The molecule has 352 valence electrons. The third kappa shape index (κ3) is 48.0. The third-order valence-electron chi connectivity index (χ3n) is 11.0. The fourth-order valence-corrected chi connectivity index (χ4v) is 7.18. The Morgan fingerprint density at radius 1 is 0.344 bits per heavy atom. The number of carbonyl (C=O) groups excluding carboxylic acids is 3. The van der Waals surface area contributed by atoms with E-state index in [1.54, 1.807) is 0 Å². The van der Waals surface area contributed by atoms with Crippen LogP contribution in [-0.2, 0) is 28.6 Å². The zero-order valence-corrected chi connectivity index (χ0v) is 40.2. The molecule has 0 aromatic heterocycles. The van der Waals surface area contributed by atoms with Crippen LogP contribution in [0.4, 0.5) is 0 Å². The Balaban J connectivity index is 4.46. The molecule has 0 unspecified atom stereocenters. The lowest BCUT2D eigenvalue weighted by Gasteiger charge is -2.18. The summed E-state index contributed by atoms with van der Waals surface area (Å²) in [6.45, 7) is 6.49. The van der Waals surface area contributed by atoms with E-state index in [4.69, 9.17) is 14.2 Å². The molecule has 0 bridgehead atoms. The van der Waals surface area contributed by atoms with Crippen molar-refractivity contribution in [1.29, 1.82) is 0 Å². The number of unbranched alkanes of at least 4 members (excludes halogenated alkanes) is 25.